The molecule has 0 aliphatic carbocycles. The third kappa shape index (κ3) is 2.41. The van der Waals surface area contributed by atoms with Gasteiger partial charge in [0.1, 0.15) is 5.04 Å². The molecule has 0 fully saturated rings. The Bertz CT molecular complexity index is 608. The van der Waals surface area contributed by atoms with E-state index in [1.807, 2.05) is 18.2 Å². The Morgan fingerprint density at radius 1 is 1.35 bits per heavy atom. The van der Waals surface area contributed by atoms with Crippen LogP contribution in [0.25, 0.3) is 0 Å². The molecule has 0 spiro atoms. The van der Waals surface area contributed by atoms with Gasteiger partial charge < -0.3 is 0 Å². The lowest BCUT2D eigenvalue weighted by molar-refractivity contribution is 0.404. The molecule has 2 aliphatic rings. The van der Waals surface area contributed by atoms with Crippen LogP contribution in [0.3, 0.4) is 0 Å². The van der Waals surface area contributed by atoms with Crippen LogP contribution in [0.2, 0.25) is 0 Å². The molecule has 2 aliphatic heterocycles. The topological polar surface area (TPSA) is 24.7 Å². The van der Waals surface area contributed by atoms with Crippen LogP contribution in [-0.4, -0.2) is 23.6 Å². The second-order valence-corrected chi connectivity index (χ2v) is 6.84. The Balaban J connectivity index is 2.10. The van der Waals surface area contributed by atoms with E-state index in [1.165, 1.54) is 0 Å². The number of hydrogen-bond donors (Lipinski definition) is 0. The molecule has 0 saturated heterocycles. The maximum Gasteiger partial charge on any atom is 0.283 e. The number of benzene rings is 1. The minimum Gasteiger partial charge on any atom is -0.279 e. The van der Waals surface area contributed by atoms with E-state index in [1.54, 1.807) is 36.2 Å². The Hall–Kier alpha value is -0.840. The highest BCUT2D eigenvalue weighted by molar-refractivity contribution is 8.14. The SMILES string of the molecule is FC(Cl)(Cl)c1cccc(C2(C3=NCCS3)C=CC=N2)c1. The Kier molecular flexibility index (Phi) is 3.65. The molecule has 0 aromatic heterocycles. The van der Waals surface area contributed by atoms with Crippen LogP contribution in [0.15, 0.2) is 46.4 Å². The van der Waals surface area contributed by atoms with Gasteiger partial charge in [0.2, 0.25) is 0 Å². The van der Waals surface area contributed by atoms with Gasteiger partial charge in [0.25, 0.3) is 4.59 Å². The third-order valence-corrected chi connectivity index (χ3v) is 4.78. The first-order valence-electron chi connectivity index (χ1n) is 6.11. The molecule has 1 aromatic rings. The summed E-state index contributed by atoms with van der Waals surface area (Å²) in [6, 6.07) is 6.82. The molecule has 1 atom stereocenters. The van der Waals surface area contributed by atoms with E-state index in [4.69, 9.17) is 23.2 Å². The van der Waals surface area contributed by atoms with Crippen LogP contribution in [0, 0.1) is 0 Å². The summed E-state index contributed by atoms with van der Waals surface area (Å²) in [6.45, 7) is 0.781. The first-order valence-corrected chi connectivity index (χ1v) is 7.85. The summed E-state index contributed by atoms with van der Waals surface area (Å²) >= 11 is 12.8. The molecule has 104 valence electrons. The van der Waals surface area contributed by atoms with E-state index in [0.717, 1.165) is 22.9 Å². The quantitative estimate of drug-likeness (QED) is 0.762. The Labute approximate surface area is 130 Å². The van der Waals surface area contributed by atoms with Crippen molar-refractivity contribution in [2.45, 2.75) is 10.1 Å². The molecule has 20 heavy (non-hydrogen) atoms. The van der Waals surface area contributed by atoms with E-state index >= 15 is 0 Å². The highest BCUT2D eigenvalue weighted by Gasteiger charge is 2.39. The summed E-state index contributed by atoms with van der Waals surface area (Å²) in [5.74, 6) is 0.943. The van der Waals surface area contributed by atoms with Crippen LogP contribution >= 0.6 is 35.0 Å². The lowest BCUT2D eigenvalue weighted by Gasteiger charge is -2.25. The lowest BCUT2D eigenvalue weighted by atomic mass is 9.91. The fraction of sp³-hybridized carbons (Fsp3) is 0.286. The van der Waals surface area contributed by atoms with Gasteiger partial charge in [-0.25, -0.2) is 4.39 Å². The number of nitrogens with zero attached hydrogens (tertiary/aromatic N) is 2. The number of alkyl halides is 3. The van der Waals surface area contributed by atoms with Crippen molar-refractivity contribution in [3.63, 3.8) is 0 Å². The fourth-order valence-corrected chi connectivity index (χ4v) is 3.56. The number of thioether (sulfide) groups is 1. The molecule has 3 rings (SSSR count). The van der Waals surface area contributed by atoms with Gasteiger partial charge in [0.15, 0.2) is 5.54 Å². The minimum absolute atomic E-state index is 0.205. The molecule has 0 N–H and O–H groups in total. The molecule has 2 heterocycles. The monoisotopic (exact) mass is 328 g/mol. The van der Waals surface area contributed by atoms with E-state index < -0.39 is 10.1 Å². The molecule has 2 nitrogen and oxygen atoms in total. The summed E-state index contributed by atoms with van der Waals surface area (Å²) < 4.78 is 11.3. The van der Waals surface area contributed by atoms with Crippen molar-refractivity contribution in [2.75, 3.05) is 12.3 Å². The van der Waals surface area contributed by atoms with Gasteiger partial charge in [-0.1, -0.05) is 41.4 Å². The number of aliphatic imine (C=N–C) groups is 2. The summed E-state index contributed by atoms with van der Waals surface area (Å²) in [5, 5.41) is 0.924. The summed E-state index contributed by atoms with van der Waals surface area (Å²) in [7, 11) is 0. The van der Waals surface area contributed by atoms with E-state index in [-0.39, 0.29) is 5.56 Å². The molecular weight excluding hydrogens is 318 g/mol. The number of rotatable bonds is 3. The van der Waals surface area contributed by atoms with Crippen LogP contribution in [0.5, 0.6) is 0 Å². The van der Waals surface area contributed by atoms with E-state index in [2.05, 4.69) is 9.98 Å². The number of hydrogen-bond acceptors (Lipinski definition) is 3. The second-order valence-electron chi connectivity index (χ2n) is 4.52. The molecular formula is C14H11Cl2FN2S. The second kappa shape index (κ2) is 5.17. The van der Waals surface area contributed by atoms with Gasteiger partial charge in [0.05, 0.1) is 0 Å². The van der Waals surface area contributed by atoms with Gasteiger partial charge in [-0.15, -0.1) is 11.8 Å². The van der Waals surface area contributed by atoms with Gasteiger partial charge in [0, 0.05) is 24.1 Å². The van der Waals surface area contributed by atoms with Crippen LogP contribution in [-0.2, 0) is 10.1 Å². The number of allylic oxidation sites excluding steroid dienone is 1. The first-order chi connectivity index (χ1) is 9.52. The van der Waals surface area contributed by atoms with Gasteiger partial charge in [-0.2, -0.15) is 0 Å². The van der Waals surface area contributed by atoms with Crippen molar-refractivity contribution >= 4 is 46.2 Å². The van der Waals surface area contributed by atoms with Crippen molar-refractivity contribution < 1.29 is 4.39 Å². The molecule has 1 unspecified atom stereocenters. The third-order valence-electron chi connectivity index (χ3n) is 3.24. The molecule has 6 heteroatoms. The van der Waals surface area contributed by atoms with Crippen molar-refractivity contribution in [1.29, 1.82) is 0 Å². The average molecular weight is 329 g/mol. The number of halogens is 3. The van der Waals surface area contributed by atoms with E-state index in [0.29, 0.717) is 0 Å². The van der Waals surface area contributed by atoms with E-state index in [9.17, 15) is 4.39 Å². The average Bonchev–Trinajstić information content (AvgIpc) is 3.10. The molecule has 1 aromatic carbocycles. The van der Waals surface area contributed by atoms with Gasteiger partial charge in [-0.3, -0.25) is 9.98 Å². The molecule has 0 amide bonds. The maximum absolute atomic E-state index is 13.7. The molecule has 0 radical (unpaired) electrons. The highest BCUT2D eigenvalue weighted by atomic mass is 35.5. The van der Waals surface area contributed by atoms with Crippen LogP contribution < -0.4 is 0 Å². The predicted molar refractivity (Wildman–Crippen MR) is 85.0 cm³/mol. The maximum atomic E-state index is 13.7. The van der Waals surface area contributed by atoms with Crippen LogP contribution in [0.4, 0.5) is 4.39 Å². The van der Waals surface area contributed by atoms with Crippen molar-refractivity contribution in [3.8, 4) is 0 Å². The van der Waals surface area contributed by atoms with Crippen LogP contribution in [0.1, 0.15) is 11.1 Å². The lowest BCUT2D eigenvalue weighted by Crippen LogP contribution is -2.28. The Morgan fingerprint density at radius 3 is 2.80 bits per heavy atom. The summed E-state index contributed by atoms with van der Waals surface area (Å²) in [6.07, 6.45) is 5.57. The fourth-order valence-electron chi connectivity index (χ4n) is 2.30. The first kappa shape index (κ1) is 14.1. The zero-order valence-corrected chi connectivity index (χ0v) is 12.7. The summed E-state index contributed by atoms with van der Waals surface area (Å²) in [5.41, 5.74) is 0.365. The highest BCUT2D eigenvalue weighted by Crippen LogP contribution is 2.41. The normalized spacial score (nSPS) is 25.2. The summed E-state index contributed by atoms with van der Waals surface area (Å²) in [4.78, 5) is 9.06. The largest absolute Gasteiger partial charge is 0.283 e. The van der Waals surface area contributed by atoms with Crippen molar-refractivity contribution in [1.82, 2.24) is 0 Å². The standard InChI is InChI=1S/C14H11Cl2FN2S/c15-14(16,17)11-4-1-3-10(9-11)13(5-2-6-19-13)12-18-7-8-20-12/h1-6,9H,7-8H2. The van der Waals surface area contributed by atoms with Gasteiger partial charge >= 0.3 is 0 Å². The Morgan fingerprint density at radius 2 is 2.20 bits per heavy atom. The minimum atomic E-state index is -2.41. The van der Waals surface area contributed by atoms with Crippen molar-refractivity contribution in [3.05, 3.63) is 47.5 Å². The molecule has 0 saturated carbocycles. The zero-order chi connectivity index (χ0) is 14.2. The van der Waals surface area contributed by atoms with Crippen molar-refractivity contribution in [2.24, 2.45) is 9.98 Å². The molecule has 0 bridgehead atoms. The smallest absolute Gasteiger partial charge is 0.279 e. The predicted octanol–water partition coefficient (Wildman–Crippen LogP) is 4.23. The zero-order valence-electron chi connectivity index (χ0n) is 10.4. The van der Waals surface area contributed by atoms with Gasteiger partial charge in [-0.05, 0) is 23.8 Å².